The molecule has 18 heavy (non-hydrogen) atoms. The molecule has 1 N–H and O–H groups in total. The highest BCUT2D eigenvalue weighted by atomic mass is 32.2. The molecule has 1 aromatic carbocycles. The molecule has 0 atom stereocenters. The van der Waals surface area contributed by atoms with Crippen molar-refractivity contribution in [2.45, 2.75) is 19.3 Å². The smallest absolute Gasteiger partial charge is 0.208 e. The Morgan fingerprint density at radius 1 is 1.33 bits per heavy atom. The number of nitrogens with zero attached hydrogens (tertiary/aromatic N) is 1. The third-order valence-electron chi connectivity index (χ3n) is 3.18. The summed E-state index contributed by atoms with van der Waals surface area (Å²) in [5.74, 6) is 0. The first kappa shape index (κ1) is 13.4. The van der Waals surface area contributed by atoms with Crippen molar-refractivity contribution in [2.75, 3.05) is 30.8 Å². The number of rotatable bonds is 5. The highest BCUT2D eigenvalue weighted by Gasteiger charge is 2.15. The van der Waals surface area contributed by atoms with Crippen LogP contribution in [0.1, 0.15) is 18.4 Å². The van der Waals surface area contributed by atoms with E-state index in [0.717, 1.165) is 25.9 Å². The SMILES string of the molecule is CS(=O)(=O)NCCCN1CCCc2ccccc21. The van der Waals surface area contributed by atoms with Gasteiger partial charge in [-0.05, 0) is 30.9 Å². The molecular formula is C13H20N2O2S. The molecule has 0 radical (unpaired) electrons. The van der Waals surface area contributed by atoms with E-state index in [1.54, 1.807) is 0 Å². The Labute approximate surface area is 109 Å². The van der Waals surface area contributed by atoms with E-state index in [-0.39, 0.29) is 0 Å². The average molecular weight is 268 g/mol. The molecule has 0 aromatic heterocycles. The summed E-state index contributed by atoms with van der Waals surface area (Å²) < 4.78 is 24.4. The van der Waals surface area contributed by atoms with E-state index >= 15 is 0 Å². The van der Waals surface area contributed by atoms with Crippen LogP contribution in [0.4, 0.5) is 5.69 Å². The summed E-state index contributed by atoms with van der Waals surface area (Å²) in [7, 11) is -3.06. The molecule has 1 aliphatic heterocycles. The van der Waals surface area contributed by atoms with Crippen molar-refractivity contribution >= 4 is 15.7 Å². The number of para-hydroxylation sites is 1. The van der Waals surface area contributed by atoms with Gasteiger partial charge in [0.25, 0.3) is 0 Å². The summed E-state index contributed by atoms with van der Waals surface area (Å²) in [6.45, 7) is 2.48. The second-order valence-electron chi connectivity index (χ2n) is 4.74. The van der Waals surface area contributed by atoms with Crippen LogP contribution in [0.25, 0.3) is 0 Å². The maximum atomic E-state index is 11.0. The van der Waals surface area contributed by atoms with Gasteiger partial charge in [0, 0.05) is 25.3 Å². The van der Waals surface area contributed by atoms with Gasteiger partial charge in [-0.1, -0.05) is 18.2 Å². The first-order valence-corrected chi connectivity index (χ1v) is 8.23. The fraction of sp³-hybridized carbons (Fsp3) is 0.538. The monoisotopic (exact) mass is 268 g/mol. The molecule has 2 rings (SSSR count). The fourth-order valence-corrected chi connectivity index (χ4v) is 2.89. The molecule has 0 aliphatic carbocycles. The van der Waals surface area contributed by atoms with E-state index < -0.39 is 10.0 Å². The van der Waals surface area contributed by atoms with Gasteiger partial charge in [0.2, 0.25) is 10.0 Å². The highest BCUT2D eigenvalue weighted by molar-refractivity contribution is 7.88. The van der Waals surface area contributed by atoms with Crippen LogP contribution in [0.2, 0.25) is 0 Å². The van der Waals surface area contributed by atoms with Crippen molar-refractivity contribution in [1.82, 2.24) is 4.72 Å². The van der Waals surface area contributed by atoms with E-state index in [2.05, 4.69) is 33.9 Å². The van der Waals surface area contributed by atoms with E-state index in [9.17, 15) is 8.42 Å². The van der Waals surface area contributed by atoms with Crippen molar-refractivity contribution in [1.29, 1.82) is 0 Å². The minimum atomic E-state index is -3.06. The van der Waals surface area contributed by atoms with Gasteiger partial charge in [0.05, 0.1) is 6.26 Å². The Morgan fingerprint density at radius 3 is 2.89 bits per heavy atom. The molecule has 0 spiro atoms. The quantitative estimate of drug-likeness (QED) is 0.821. The molecule has 0 bridgehead atoms. The molecule has 1 aromatic rings. The zero-order valence-electron chi connectivity index (χ0n) is 10.7. The lowest BCUT2D eigenvalue weighted by atomic mass is 10.0. The Bertz CT molecular complexity index is 499. The van der Waals surface area contributed by atoms with Crippen LogP contribution >= 0.6 is 0 Å². The zero-order chi connectivity index (χ0) is 13.0. The van der Waals surface area contributed by atoms with Gasteiger partial charge in [-0.25, -0.2) is 13.1 Å². The Balaban J connectivity index is 1.88. The lowest BCUT2D eigenvalue weighted by Gasteiger charge is -2.31. The van der Waals surface area contributed by atoms with Gasteiger partial charge < -0.3 is 4.90 Å². The summed E-state index contributed by atoms with van der Waals surface area (Å²) in [6, 6.07) is 8.47. The maximum absolute atomic E-state index is 11.0. The van der Waals surface area contributed by atoms with Crippen LogP contribution in [0.15, 0.2) is 24.3 Å². The van der Waals surface area contributed by atoms with Crippen LogP contribution in [0, 0.1) is 0 Å². The molecular weight excluding hydrogens is 248 g/mol. The van der Waals surface area contributed by atoms with Gasteiger partial charge >= 0.3 is 0 Å². The summed E-state index contributed by atoms with van der Waals surface area (Å²) in [6.07, 6.45) is 4.36. The molecule has 0 unspecified atom stereocenters. The normalized spacial score (nSPS) is 15.5. The number of sulfonamides is 1. The largest absolute Gasteiger partial charge is 0.371 e. The zero-order valence-corrected chi connectivity index (χ0v) is 11.5. The van der Waals surface area contributed by atoms with Gasteiger partial charge in [-0.2, -0.15) is 0 Å². The molecule has 1 heterocycles. The van der Waals surface area contributed by atoms with E-state index in [4.69, 9.17) is 0 Å². The maximum Gasteiger partial charge on any atom is 0.208 e. The highest BCUT2D eigenvalue weighted by Crippen LogP contribution is 2.26. The van der Waals surface area contributed by atoms with Crippen LogP contribution in [-0.2, 0) is 16.4 Å². The molecule has 0 amide bonds. The number of nitrogens with one attached hydrogen (secondary N) is 1. The van der Waals surface area contributed by atoms with E-state index in [1.165, 1.54) is 23.9 Å². The Kier molecular flexibility index (Phi) is 4.24. The minimum Gasteiger partial charge on any atom is -0.371 e. The van der Waals surface area contributed by atoms with Crippen molar-refractivity contribution in [3.05, 3.63) is 29.8 Å². The van der Waals surface area contributed by atoms with Crippen molar-refractivity contribution in [3.63, 3.8) is 0 Å². The third kappa shape index (κ3) is 3.71. The number of fused-ring (bicyclic) bond motifs is 1. The Morgan fingerprint density at radius 2 is 2.11 bits per heavy atom. The van der Waals surface area contributed by atoms with E-state index in [0.29, 0.717) is 6.54 Å². The number of hydrogen-bond acceptors (Lipinski definition) is 3. The lowest BCUT2D eigenvalue weighted by molar-refractivity contribution is 0.582. The molecule has 1 aliphatic rings. The van der Waals surface area contributed by atoms with Crippen molar-refractivity contribution in [3.8, 4) is 0 Å². The standard InChI is InChI=1S/C13H20N2O2S/c1-18(16,17)14-9-5-11-15-10-4-7-12-6-2-3-8-13(12)15/h2-3,6,8,14H,4-5,7,9-11H2,1H3. The molecule has 5 heteroatoms. The minimum absolute atomic E-state index is 0.511. The van der Waals surface area contributed by atoms with Crippen LogP contribution in [0.3, 0.4) is 0 Å². The van der Waals surface area contributed by atoms with Crippen molar-refractivity contribution in [2.24, 2.45) is 0 Å². The second kappa shape index (κ2) is 5.71. The summed E-state index contributed by atoms with van der Waals surface area (Å²) in [5.41, 5.74) is 2.71. The predicted octanol–water partition coefficient (Wildman–Crippen LogP) is 1.38. The number of anilines is 1. The summed E-state index contributed by atoms with van der Waals surface area (Å²) >= 11 is 0. The third-order valence-corrected chi connectivity index (χ3v) is 3.90. The van der Waals surface area contributed by atoms with Crippen LogP contribution in [-0.4, -0.2) is 34.3 Å². The second-order valence-corrected chi connectivity index (χ2v) is 6.57. The number of benzene rings is 1. The van der Waals surface area contributed by atoms with Gasteiger partial charge in [0.1, 0.15) is 0 Å². The number of aryl methyl sites for hydroxylation is 1. The van der Waals surface area contributed by atoms with Gasteiger partial charge in [-0.3, -0.25) is 0 Å². The van der Waals surface area contributed by atoms with Crippen LogP contribution in [0.5, 0.6) is 0 Å². The summed E-state index contributed by atoms with van der Waals surface area (Å²) in [4.78, 5) is 2.35. The average Bonchev–Trinajstić information content (AvgIpc) is 2.33. The Hall–Kier alpha value is -1.07. The molecule has 0 saturated heterocycles. The van der Waals surface area contributed by atoms with Crippen molar-refractivity contribution < 1.29 is 8.42 Å². The van der Waals surface area contributed by atoms with Gasteiger partial charge in [-0.15, -0.1) is 0 Å². The first-order chi connectivity index (χ1) is 8.56. The molecule has 4 nitrogen and oxygen atoms in total. The lowest BCUT2D eigenvalue weighted by Crippen LogP contribution is -2.32. The molecule has 100 valence electrons. The van der Waals surface area contributed by atoms with Gasteiger partial charge in [0.15, 0.2) is 0 Å². The van der Waals surface area contributed by atoms with Crippen LogP contribution < -0.4 is 9.62 Å². The fourth-order valence-electron chi connectivity index (χ4n) is 2.37. The summed E-state index contributed by atoms with van der Waals surface area (Å²) in [5, 5.41) is 0. The first-order valence-electron chi connectivity index (χ1n) is 6.34. The molecule has 0 saturated carbocycles. The predicted molar refractivity (Wildman–Crippen MR) is 74.4 cm³/mol. The number of hydrogen-bond donors (Lipinski definition) is 1. The molecule has 0 fully saturated rings. The van der Waals surface area contributed by atoms with E-state index in [1.807, 2.05) is 0 Å². The topological polar surface area (TPSA) is 49.4 Å².